The highest BCUT2D eigenvalue weighted by Gasteiger charge is 2.21. The van der Waals surface area contributed by atoms with Gasteiger partial charge in [0.25, 0.3) is 0 Å². The van der Waals surface area contributed by atoms with E-state index in [0.717, 1.165) is 5.56 Å². The van der Waals surface area contributed by atoms with E-state index in [4.69, 9.17) is 10.5 Å². The molecule has 1 aromatic rings. The summed E-state index contributed by atoms with van der Waals surface area (Å²) in [5.41, 5.74) is 10.8. The molecule has 4 N–H and O–H groups in total. The number of hydrogen-bond acceptors (Lipinski definition) is 6. The molecule has 0 saturated carbocycles. The maximum absolute atomic E-state index is 12.5. The number of hydrogen-bond donors (Lipinski definition) is 3. The SMILES string of the molecule is CC(C)CN(CC(N)=O)NC(=O)CN(Cc1ccccc1)NC(=O)OC(C)(C)C. The largest absolute Gasteiger partial charge is 0.443 e. The number of hydrazine groups is 2. The molecule has 0 aliphatic rings. The molecule has 0 fully saturated rings. The number of ether oxygens (including phenoxy) is 1. The van der Waals surface area contributed by atoms with E-state index in [1.807, 2.05) is 44.2 Å². The molecule has 0 aliphatic carbocycles. The lowest BCUT2D eigenvalue weighted by molar-refractivity contribution is -0.129. The van der Waals surface area contributed by atoms with Crippen LogP contribution in [0, 0.1) is 5.92 Å². The maximum Gasteiger partial charge on any atom is 0.422 e. The monoisotopic (exact) mass is 407 g/mol. The van der Waals surface area contributed by atoms with Crippen LogP contribution in [0.25, 0.3) is 0 Å². The first-order valence-electron chi connectivity index (χ1n) is 9.56. The fourth-order valence-electron chi connectivity index (χ4n) is 2.53. The zero-order valence-electron chi connectivity index (χ0n) is 17.9. The van der Waals surface area contributed by atoms with E-state index in [9.17, 15) is 14.4 Å². The van der Waals surface area contributed by atoms with Crippen LogP contribution in [-0.4, -0.2) is 53.2 Å². The zero-order valence-corrected chi connectivity index (χ0v) is 17.9. The Morgan fingerprint density at radius 3 is 2.17 bits per heavy atom. The van der Waals surface area contributed by atoms with Crippen molar-refractivity contribution in [2.45, 2.75) is 46.8 Å². The topological polar surface area (TPSA) is 117 Å². The second-order valence-electron chi connectivity index (χ2n) is 8.23. The van der Waals surface area contributed by atoms with Crippen molar-refractivity contribution in [3.05, 3.63) is 35.9 Å². The van der Waals surface area contributed by atoms with Gasteiger partial charge in [0.05, 0.1) is 13.1 Å². The highest BCUT2D eigenvalue weighted by Crippen LogP contribution is 2.08. The van der Waals surface area contributed by atoms with Gasteiger partial charge in [-0.2, -0.15) is 0 Å². The smallest absolute Gasteiger partial charge is 0.422 e. The molecule has 1 aromatic carbocycles. The Hall–Kier alpha value is -2.65. The second-order valence-corrected chi connectivity index (χ2v) is 8.23. The van der Waals surface area contributed by atoms with Crippen LogP contribution in [0.4, 0.5) is 4.79 Å². The quantitative estimate of drug-likeness (QED) is 0.505. The molecular formula is C20H33N5O4. The molecule has 9 nitrogen and oxygen atoms in total. The minimum absolute atomic E-state index is 0.0951. The maximum atomic E-state index is 12.5. The summed E-state index contributed by atoms with van der Waals surface area (Å²) < 4.78 is 5.28. The first kappa shape index (κ1) is 24.4. The van der Waals surface area contributed by atoms with Crippen molar-refractivity contribution in [3.8, 4) is 0 Å². The molecule has 9 heteroatoms. The van der Waals surface area contributed by atoms with Gasteiger partial charge in [0.2, 0.25) is 11.8 Å². The van der Waals surface area contributed by atoms with Gasteiger partial charge in [0.1, 0.15) is 5.60 Å². The van der Waals surface area contributed by atoms with Gasteiger partial charge < -0.3 is 10.5 Å². The van der Waals surface area contributed by atoms with E-state index in [1.165, 1.54) is 10.0 Å². The normalized spacial score (nSPS) is 11.6. The van der Waals surface area contributed by atoms with Crippen LogP contribution in [0.2, 0.25) is 0 Å². The van der Waals surface area contributed by atoms with Crippen LogP contribution >= 0.6 is 0 Å². The molecular weight excluding hydrogens is 374 g/mol. The summed E-state index contributed by atoms with van der Waals surface area (Å²) in [6.45, 7) is 9.74. The number of nitrogens with zero attached hydrogens (tertiary/aromatic N) is 2. The number of carbonyl (C=O) groups excluding carboxylic acids is 3. The molecule has 3 amide bonds. The van der Waals surface area contributed by atoms with Crippen molar-refractivity contribution in [3.63, 3.8) is 0 Å². The molecule has 0 aliphatic heterocycles. The van der Waals surface area contributed by atoms with Crippen LogP contribution in [-0.2, 0) is 20.9 Å². The van der Waals surface area contributed by atoms with Crippen molar-refractivity contribution in [1.82, 2.24) is 20.9 Å². The van der Waals surface area contributed by atoms with Gasteiger partial charge in [-0.25, -0.2) is 14.8 Å². The first-order valence-corrected chi connectivity index (χ1v) is 9.56. The molecule has 29 heavy (non-hydrogen) atoms. The molecule has 0 bridgehead atoms. The van der Waals surface area contributed by atoms with Crippen molar-refractivity contribution in [1.29, 1.82) is 0 Å². The second kappa shape index (κ2) is 11.4. The molecule has 0 heterocycles. The van der Waals surface area contributed by atoms with E-state index in [-0.39, 0.29) is 24.9 Å². The molecule has 0 aromatic heterocycles. The van der Waals surface area contributed by atoms with Crippen molar-refractivity contribution < 1.29 is 19.1 Å². The third-order valence-corrected chi connectivity index (χ3v) is 3.41. The molecule has 0 spiro atoms. The van der Waals surface area contributed by atoms with Crippen molar-refractivity contribution in [2.75, 3.05) is 19.6 Å². The van der Waals surface area contributed by atoms with E-state index in [0.29, 0.717) is 13.1 Å². The van der Waals surface area contributed by atoms with Gasteiger partial charge in [0, 0.05) is 13.1 Å². The summed E-state index contributed by atoms with van der Waals surface area (Å²) in [4.78, 5) is 36.0. The van der Waals surface area contributed by atoms with E-state index >= 15 is 0 Å². The standard InChI is InChI=1S/C20H33N5O4/c1-15(2)11-24(13-17(21)26)22-18(27)14-25(12-16-9-7-6-8-10-16)23-19(28)29-20(3,4)5/h6-10,15H,11-14H2,1-5H3,(H2,21,26)(H,22,27)(H,23,28). The number of primary amides is 1. The Labute approximate surface area is 172 Å². The zero-order chi connectivity index (χ0) is 22.0. The fourth-order valence-corrected chi connectivity index (χ4v) is 2.53. The number of carbonyl (C=O) groups is 3. The number of amides is 3. The van der Waals surface area contributed by atoms with Gasteiger partial charge >= 0.3 is 6.09 Å². The lowest BCUT2D eigenvalue weighted by Gasteiger charge is -2.28. The molecule has 162 valence electrons. The van der Waals surface area contributed by atoms with Crippen LogP contribution in [0.5, 0.6) is 0 Å². The Balaban J connectivity index is 2.81. The lowest BCUT2D eigenvalue weighted by Crippen LogP contribution is -2.53. The number of benzene rings is 1. The third-order valence-electron chi connectivity index (χ3n) is 3.41. The van der Waals surface area contributed by atoms with Crippen LogP contribution in [0.15, 0.2) is 30.3 Å². The Bertz CT molecular complexity index is 673. The lowest BCUT2D eigenvalue weighted by atomic mass is 10.2. The van der Waals surface area contributed by atoms with Gasteiger partial charge in [-0.1, -0.05) is 44.2 Å². The minimum Gasteiger partial charge on any atom is -0.443 e. The van der Waals surface area contributed by atoms with Crippen molar-refractivity contribution in [2.24, 2.45) is 11.7 Å². The van der Waals surface area contributed by atoms with Gasteiger partial charge in [0.15, 0.2) is 0 Å². The van der Waals surface area contributed by atoms with E-state index < -0.39 is 17.6 Å². The predicted molar refractivity (Wildman–Crippen MR) is 110 cm³/mol. The van der Waals surface area contributed by atoms with E-state index in [1.54, 1.807) is 20.8 Å². The summed E-state index contributed by atoms with van der Waals surface area (Å²) in [5, 5.41) is 2.93. The number of rotatable bonds is 10. The number of nitrogens with two attached hydrogens (primary N) is 1. The fraction of sp³-hybridized carbons (Fsp3) is 0.550. The molecule has 0 radical (unpaired) electrons. The summed E-state index contributed by atoms with van der Waals surface area (Å²) in [6.07, 6.45) is -0.655. The summed E-state index contributed by atoms with van der Waals surface area (Å²) in [5.74, 6) is -0.715. The van der Waals surface area contributed by atoms with Gasteiger partial charge in [-0.05, 0) is 32.3 Å². The first-order chi connectivity index (χ1) is 13.4. The molecule has 0 unspecified atom stereocenters. The highest BCUT2D eigenvalue weighted by molar-refractivity contribution is 5.79. The van der Waals surface area contributed by atoms with Crippen molar-refractivity contribution >= 4 is 17.9 Å². The van der Waals surface area contributed by atoms with E-state index in [2.05, 4.69) is 10.9 Å². The average molecular weight is 408 g/mol. The summed E-state index contributed by atoms with van der Waals surface area (Å²) in [7, 11) is 0. The number of nitrogens with one attached hydrogen (secondary N) is 2. The third kappa shape index (κ3) is 11.7. The highest BCUT2D eigenvalue weighted by atomic mass is 16.6. The van der Waals surface area contributed by atoms with Crippen LogP contribution < -0.4 is 16.6 Å². The summed E-state index contributed by atoms with van der Waals surface area (Å²) >= 11 is 0. The molecule has 0 atom stereocenters. The Morgan fingerprint density at radius 2 is 1.66 bits per heavy atom. The van der Waals surface area contributed by atoms with Crippen LogP contribution in [0.1, 0.15) is 40.2 Å². The van der Waals surface area contributed by atoms with Gasteiger partial charge in [-0.3, -0.25) is 20.4 Å². The average Bonchev–Trinajstić information content (AvgIpc) is 2.52. The Kier molecular flexibility index (Phi) is 9.57. The van der Waals surface area contributed by atoms with Crippen LogP contribution in [0.3, 0.4) is 0 Å². The molecule has 1 rings (SSSR count). The minimum atomic E-state index is -0.666. The predicted octanol–water partition coefficient (Wildman–Crippen LogP) is 1.40. The summed E-state index contributed by atoms with van der Waals surface area (Å²) in [6, 6.07) is 9.41. The molecule has 0 saturated heterocycles. The Morgan fingerprint density at radius 1 is 1.03 bits per heavy atom. The van der Waals surface area contributed by atoms with Gasteiger partial charge in [-0.15, -0.1) is 0 Å².